The van der Waals surface area contributed by atoms with E-state index in [9.17, 15) is 14.7 Å². The molecule has 2 aromatic carbocycles. The molecule has 0 unspecified atom stereocenters. The van der Waals surface area contributed by atoms with Gasteiger partial charge in [0.1, 0.15) is 17.8 Å². The second-order valence-electron chi connectivity index (χ2n) is 7.81. The van der Waals surface area contributed by atoms with Crippen molar-refractivity contribution in [2.45, 2.75) is 38.3 Å². The van der Waals surface area contributed by atoms with E-state index in [0.29, 0.717) is 13.0 Å². The summed E-state index contributed by atoms with van der Waals surface area (Å²) < 4.78 is 0. The molecule has 6 heteroatoms. The lowest BCUT2D eigenvalue weighted by Crippen LogP contribution is -2.44. The van der Waals surface area contributed by atoms with Crippen molar-refractivity contribution in [3.8, 4) is 5.75 Å². The van der Waals surface area contributed by atoms with Gasteiger partial charge >= 0.3 is 6.03 Å². The zero-order valence-corrected chi connectivity index (χ0v) is 16.3. The molecule has 0 bridgehead atoms. The summed E-state index contributed by atoms with van der Waals surface area (Å²) in [5.41, 5.74) is 3.93. The fourth-order valence-corrected chi connectivity index (χ4v) is 4.65. The van der Waals surface area contributed by atoms with Crippen LogP contribution in [0.2, 0.25) is 0 Å². The normalized spacial score (nSPS) is 21.0. The molecule has 1 saturated heterocycles. The lowest BCUT2D eigenvalue weighted by Gasteiger charge is -2.36. The quantitative estimate of drug-likeness (QED) is 0.664. The predicted molar refractivity (Wildman–Crippen MR) is 110 cm³/mol. The van der Waals surface area contributed by atoms with E-state index in [1.807, 2.05) is 30.3 Å². The summed E-state index contributed by atoms with van der Waals surface area (Å²) in [6.07, 6.45) is 2.24. The first-order chi connectivity index (χ1) is 14.1. The number of urea groups is 1. The lowest BCUT2D eigenvalue weighted by molar-refractivity contribution is -0.128. The van der Waals surface area contributed by atoms with E-state index in [-0.39, 0.29) is 23.7 Å². The maximum absolute atomic E-state index is 13.3. The summed E-state index contributed by atoms with van der Waals surface area (Å²) in [7, 11) is 0. The van der Waals surface area contributed by atoms with Crippen LogP contribution in [0.5, 0.6) is 5.75 Å². The molecule has 5 rings (SSSR count). The molecule has 29 heavy (non-hydrogen) atoms. The van der Waals surface area contributed by atoms with Crippen LogP contribution in [0.25, 0.3) is 10.9 Å². The zero-order chi connectivity index (χ0) is 20.1. The number of hydrogen-bond acceptors (Lipinski definition) is 3. The number of hydrogen-bond donors (Lipinski definition) is 2. The monoisotopic (exact) mass is 389 g/mol. The standard InChI is InChI=1S/C23H23N3O3/c1-2-3-12-25-22(28)19-13-17-16-6-4-5-7-18(16)24-20(17)21(26(19)23(25)29)14-8-10-15(27)11-9-14/h4-11,19,21,24,27H,2-3,12-13H2,1H3/t19-,21-/m0/s1. The molecule has 148 valence electrons. The van der Waals surface area contributed by atoms with E-state index in [1.165, 1.54) is 4.90 Å². The van der Waals surface area contributed by atoms with Gasteiger partial charge in [0.05, 0.1) is 0 Å². The van der Waals surface area contributed by atoms with Crippen LogP contribution in [0, 0.1) is 0 Å². The van der Waals surface area contributed by atoms with Gasteiger partial charge in [-0.05, 0) is 35.7 Å². The highest BCUT2D eigenvalue weighted by Gasteiger charge is 2.52. The molecule has 2 aliphatic heterocycles. The molecule has 2 atom stereocenters. The zero-order valence-electron chi connectivity index (χ0n) is 16.3. The van der Waals surface area contributed by atoms with Crippen molar-refractivity contribution in [1.82, 2.24) is 14.8 Å². The fraction of sp³-hybridized carbons (Fsp3) is 0.304. The van der Waals surface area contributed by atoms with Gasteiger partial charge in [0.15, 0.2) is 0 Å². The van der Waals surface area contributed by atoms with Crippen molar-refractivity contribution >= 4 is 22.8 Å². The van der Waals surface area contributed by atoms with E-state index in [0.717, 1.165) is 40.6 Å². The van der Waals surface area contributed by atoms with Gasteiger partial charge in [-0.2, -0.15) is 0 Å². The Hall–Kier alpha value is -3.28. The van der Waals surface area contributed by atoms with Gasteiger partial charge in [-0.3, -0.25) is 14.6 Å². The van der Waals surface area contributed by atoms with E-state index < -0.39 is 6.04 Å². The fourth-order valence-electron chi connectivity index (χ4n) is 4.65. The van der Waals surface area contributed by atoms with Crippen molar-refractivity contribution in [2.75, 3.05) is 6.54 Å². The first-order valence-corrected chi connectivity index (χ1v) is 10.1. The third-order valence-electron chi connectivity index (χ3n) is 6.08. The van der Waals surface area contributed by atoms with Crippen LogP contribution in [0.4, 0.5) is 4.79 Å². The molecule has 3 amide bonds. The van der Waals surface area contributed by atoms with Crippen LogP contribution in [-0.4, -0.2) is 44.4 Å². The van der Waals surface area contributed by atoms with Crippen LogP contribution in [0.3, 0.4) is 0 Å². The Morgan fingerprint density at radius 2 is 1.86 bits per heavy atom. The van der Waals surface area contributed by atoms with Gasteiger partial charge in [-0.1, -0.05) is 43.7 Å². The van der Waals surface area contributed by atoms with Crippen molar-refractivity contribution in [1.29, 1.82) is 0 Å². The van der Waals surface area contributed by atoms with E-state index in [1.54, 1.807) is 17.0 Å². The average molecular weight is 389 g/mol. The Labute approximate surface area is 168 Å². The minimum absolute atomic E-state index is 0.108. The molecule has 2 aliphatic rings. The number of unbranched alkanes of at least 4 members (excludes halogenated alkanes) is 1. The van der Waals surface area contributed by atoms with Gasteiger partial charge in [0.2, 0.25) is 0 Å². The number of para-hydroxylation sites is 1. The maximum Gasteiger partial charge on any atom is 0.328 e. The second kappa shape index (κ2) is 6.65. The number of H-pyrrole nitrogens is 1. The molecule has 1 fully saturated rings. The molecule has 3 heterocycles. The highest BCUT2D eigenvalue weighted by Crippen LogP contribution is 2.44. The SMILES string of the molecule is CCCCN1C(=O)[C@@H]2Cc3c([nH]c4ccccc34)[C@H](c3ccc(O)cc3)N2C1=O. The van der Waals surface area contributed by atoms with E-state index in [4.69, 9.17) is 0 Å². The first kappa shape index (κ1) is 17.8. The largest absolute Gasteiger partial charge is 0.508 e. The van der Waals surface area contributed by atoms with Gasteiger partial charge in [-0.25, -0.2) is 4.79 Å². The second-order valence-corrected chi connectivity index (χ2v) is 7.81. The third-order valence-corrected chi connectivity index (χ3v) is 6.08. The molecular formula is C23H23N3O3. The van der Waals surface area contributed by atoms with Crippen molar-refractivity contribution < 1.29 is 14.7 Å². The number of imide groups is 1. The number of phenols is 1. The minimum atomic E-state index is -0.495. The third kappa shape index (κ3) is 2.63. The van der Waals surface area contributed by atoms with Crippen molar-refractivity contribution in [3.05, 3.63) is 65.4 Å². The van der Waals surface area contributed by atoms with Crippen LogP contribution in [-0.2, 0) is 11.2 Å². The smallest absolute Gasteiger partial charge is 0.328 e. The summed E-state index contributed by atoms with van der Waals surface area (Å²) >= 11 is 0. The number of aromatic hydroxyl groups is 1. The number of carbonyl (C=O) groups is 2. The average Bonchev–Trinajstić information content (AvgIpc) is 3.21. The summed E-state index contributed by atoms with van der Waals surface area (Å²) in [6, 6.07) is 13.8. The minimum Gasteiger partial charge on any atom is -0.508 e. The van der Waals surface area contributed by atoms with Gasteiger partial charge in [0.25, 0.3) is 5.91 Å². The molecule has 0 aliphatic carbocycles. The Morgan fingerprint density at radius 3 is 2.62 bits per heavy atom. The number of rotatable bonds is 4. The summed E-state index contributed by atoms with van der Waals surface area (Å²) in [5, 5.41) is 10.8. The summed E-state index contributed by atoms with van der Waals surface area (Å²) in [5.74, 6) is 0.0644. The van der Waals surface area contributed by atoms with Gasteiger partial charge in [0, 0.05) is 29.6 Å². The Morgan fingerprint density at radius 1 is 1.10 bits per heavy atom. The van der Waals surface area contributed by atoms with Gasteiger partial charge < -0.3 is 10.1 Å². The number of benzene rings is 2. The highest BCUT2D eigenvalue weighted by atomic mass is 16.3. The van der Waals surface area contributed by atoms with Crippen LogP contribution < -0.4 is 0 Å². The molecule has 0 radical (unpaired) electrons. The molecule has 6 nitrogen and oxygen atoms in total. The molecule has 3 aromatic rings. The Bertz CT molecular complexity index is 1100. The number of fused-ring (bicyclic) bond motifs is 4. The number of carbonyl (C=O) groups excluding carboxylic acids is 2. The van der Waals surface area contributed by atoms with Crippen LogP contribution in [0.1, 0.15) is 42.6 Å². The van der Waals surface area contributed by atoms with Crippen LogP contribution >= 0.6 is 0 Å². The number of amides is 3. The molecule has 0 saturated carbocycles. The summed E-state index contributed by atoms with van der Waals surface area (Å²) in [6.45, 7) is 2.51. The first-order valence-electron chi connectivity index (χ1n) is 10.1. The van der Waals surface area contributed by atoms with Crippen molar-refractivity contribution in [2.24, 2.45) is 0 Å². The molecular weight excluding hydrogens is 366 g/mol. The molecule has 2 N–H and O–H groups in total. The number of nitrogens with one attached hydrogen (secondary N) is 1. The summed E-state index contributed by atoms with van der Waals surface area (Å²) in [4.78, 5) is 33.1. The number of aromatic amines is 1. The molecule has 1 aromatic heterocycles. The Balaban J connectivity index is 1.68. The van der Waals surface area contributed by atoms with Crippen molar-refractivity contribution in [3.63, 3.8) is 0 Å². The van der Waals surface area contributed by atoms with E-state index in [2.05, 4.69) is 18.0 Å². The maximum atomic E-state index is 13.3. The van der Waals surface area contributed by atoms with E-state index >= 15 is 0 Å². The lowest BCUT2D eigenvalue weighted by atomic mass is 9.89. The highest BCUT2D eigenvalue weighted by molar-refractivity contribution is 6.05. The molecule has 0 spiro atoms. The predicted octanol–water partition coefficient (Wildman–Crippen LogP) is 3.95. The topological polar surface area (TPSA) is 76.6 Å². The number of nitrogens with zero attached hydrogens (tertiary/aromatic N) is 2. The Kier molecular flexibility index (Phi) is 4.08. The van der Waals surface area contributed by atoms with Crippen LogP contribution in [0.15, 0.2) is 48.5 Å². The number of phenolic OH excluding ortho intramolecular Hbond substituents is 1. The van der Waals surface area contributed by atoms with Gasteiger partial charge in [-0.15, -0.1) is 0 Å². The number of aromatic nitrogens is 1.